The van der Waals surface area contributed by atoms with E-state index >= 15 is 0 Å². The summed E-state index contributed by atoms with van der Waals surface area (Å²) in [7, 11) is 0. The van der Waals surface area contributed by atoms with Gasteiger partial charge in [-0.3, -0.25) is 4.79 Å². The fourth-order valence-electron chi connectivity index (χ4n) is 5.75. The Morgan fingerprint density at radius 2 is 1.74 bits per heavy atom. The Balaban J connectivity index is 1.58. The van der Waals surface area contributed by atoms with Crippen LogP contribution in [0.3, 0.4) is 0 Å². The lowest BCUT2D eigenvalue weighted by atomic mass is 9.80. The predicted octanol–water partition coefficient (Wildman–Crippen LogP) is 6.03. The molecule has 11 heteroatoms. The molecule has 0 saturated heterocycles. The van der Waals surface area contributed by atoms with E-state index in [0.717, 1.165) is 12.5 Å². The van der Waals surface area contributed by atoms with E-state index in [1.54, 1.807) is 0 Å². The smallest absolute Gasteiger partial charge is 0.348 e. The van der Waals surface area contributed by atoms with Crippen LogP contribution in [-0.2, 0) is 12.1 Å². The summed E-state index contributed by atoms with van der Waals surface area (Å²) in [5.41, 5.74) is -5.65. The van der Waals surface area contributed by atoms with Gasteiger partial charge in [0.25, 0.3) is 5.91 Å². The topological polar surface area (TPSA) is 54.9 Å². The second kappa shape index (κ2) is 9.05. The first kappa shape index (κ1) is 25.4. The standard InChI is InChI=1S/C24H24F7N3O/c1-13(34-21(35)20-9-10-32-12-33-20)16-7-8-19-17-6-5-15(11-14(17)3-2-4-18(16)19)22(25,23(26,27)28)24(29,30)31/h5-6,9-13,16,18-19H,2-4,7-8H2,1H3,(H,34,35)/t13?,16-,18?,19?/m0/s1. The molecule has 1 aromatic heterocycles. The zero-order valence-electron chi connectivity index (χ0n) is 18.8. The minimum absolute atomic E-state index is 0.0713. The highest BCUT2D eigenvalue weighted by Crippen LogP contribution is 2.55. The van der Waals surface area contributed by atoms with E-state index < -0.39 is 23.6 Å². The monoisotopic (exact) mass is 503 g/mol. The average molecular weight is 503 g/mol. The van der Waals surface area contributed by atoms with Crippen LogP contribution in [0.15, 0.2) is 36.8 Å². The lowest BCUT2D eigenvalue weighted by molar-refractivity contribution is -0.348. The van der Waals surface area contributed by atoms with Gasteiger partial charge in [-0.2, -0.15) is 26.3 Å². The molecule has 35 heavy (non-hydrogen) atoms. The Bertz CT molecular complexity index is 1060. The van der Waals surface area contributed by atoms with Crippen LogP contribution in [0, 0.1) is 11.8 Å². The van der Waals surface area contributed by atoms with Crippen LogP contribution in [0.25, 0.3) is 0 Å². The lowest BCUT2D eigenvalue weighted by Gasteiger charge is -2.31. The van der Waals surface area contributed by atoms with Crippen molar-refractivity contribution in [3.8, 4) is 0 Å². The molecule has 1 amide bonds. The number of alkyl halides is 7. The maximum Gasteiger partial charge on any atom is 0.435 e. The summed E-state index contributed by atoms with van der Waals surface area (Å²) in [5.74, 6) is -0.276. The van der Waals surface area contributed by atoms with Crippen molar-refractivity contribution in [3.05, 3.63) is 59.2 Å². The van der Waals surface area contributed by atoms with Gasteiger partial charge in [-0.05, 0) is 74.0 Å². The number of halogens is 7. The number of benzene rings is 1. The van der Waals surface area contributed by atoms with Crippen molar-refractivity contribution in [2.75, 3.05) is 0 Å². The Morgan fingerprint density at radius 3 is 2.37 bits per heavy atom. The van der Waals surface area contributed by atoms with E-state index in [2.05, 4.69) is 15.3 Å². The molecular formula is C24H24F7N3O. The Kier molecular flexibility index (Phi) is 6.56. The molecule has 3 unspecified atom stereocenters. The zero-order chi connectivity index (χ0) is 25.6. The summed E-state index contributed by atoms with van der Waals surface area (Å²) in [6, 6.07) is 3.86. The molecule has 4 rings (SSSR count). The summed E-state index contributed by atoms with van der Waals surface area (Å²) in [4.78, 5) is 20.2. The molecule has 0 bridgehead atoms. The van der Waals surface area contributed by atoms with Gasteiger partial charge in [-0.1, -0.05) is 18.2 Å². The van der Waals surface area contributed by atoms with Crippen LogP contribution in [0.4, 0.5) is 30.7 Å². The molecule has 1 N–H and O–H groups in total. The number of carbonyl (C=O) groups is 1. The number of rotatable bonds is 4. The van der Waals surface area contributed by atoms with Crippen LogP contribution in [0.2, 0.25) is 0 Å². The molecule has 0 aliphatic heterocycles. The first-order chi connectivity index (χ1) is 16.3. The summed E-state index contributed by atoms with van der Waals surface area (Å²) in [6.07, 6.45) is -6.63. The van der Waals surface area contributed by atoms with Crippen LogP contribution in [0.5, 0.6) is 0 Å². The average Bonchev–Trinajstić information content (AvgIpc) is 3.12. The third-order valence-corrected chi connectivity index (χ3v) is 7.40. The first-order valence-corrected chi connectivity index (χ1v) is 11.4. The van der Waals surface area contributed by atoms with Crippen molar-refractivity contribution in [3.63, 3.8) is 0 Å². The van der Waals surface area contributed by atoms with Crippen molar-refractivity contribution in [1.82, 2.24) is 15.3 Å². The molecule has 1 aromatic carbocycles. The van der Waals surface area contributed by atoms with Crippen molar-refractivity contribution < 1.29 is 35.5 Å². The minimum Gasteiger partial charge on any atom is -0.348 e. The van der Waals surface area contributed by atoms with Crippen molar-refractivity contribution in [2.45, 2.75) is 69.0 Å². The number of carbonyl (C=O) groups excluding carboxylic acids is 1. The number of amides is 1. The molecule has 1 fully saturated rings. The van der Waals surface area contributed by atoms with Crippen LogP contribution < -0.4 is 5.32 Å². The molecule has 2 aliphatic carbocycles. The highest BCUT2D eigenvalue weighted by Gasteiger charge is 2.73. The fraction of sp³-hybridized carbons (Fsp3) is 0.542. The number of nitrogens with one attached hydrogen (secondary N) is 1. The van der Waals surface area contributed by atoms with Gasteiger partial charge in [0, 0.05) is 17.8 Å². The number of nitrogens with zero attached hydrogens (tertiary/aromatic N) is 2. The SMILES string of the molecule is CC(NC(=O)c1ccncn1)[C@@H]1CCC2c3ccc(C(F)(C(F)(F)F)C(F)(F)F)cc3CCCC21. The minimum atomic E-state index is -6.14. The van der Waals surface area contributed by atoms with Gasteiger partial charge in [0.05, 0.1) is 0 Å². The molecule has 4 nitrogen and oxygen atoms in total. The van der Waals surface area contributed by atoms with E-state index in [-0.39, 0.29) is 41.8 Å². The number of fused-ring (bicyclic) bond motifs is 3. The molecule has 0 radical (unpaired) electrons. The van der Waals surface area contributed by atoms with E-state index in [0.29, 0.717) is 36.5 Å². The third kappa shape index (κ3) is 4.49. The zero-order valence-corrected chi connectivity index (χ0v) is 18.8. The highest BCUT2D eigenvalue weighted by molar-refractivity contribution is 5.92. The highest BCUT2D eigenvalue weighted by atomic mass is 19.4. The number of hydrogen-bond acceptors (Lipinski definition) is 3. The Hall–Kier alpha value is -2.72. The molecule has 2 aromatic rings. The first-order valence-electron chi connectivity index (χ1n) is 11.4. The van der Waals surface area contributed by atoms with E-state index in [1.165, 1.54) is 24.7 Å². The lowest BCUT2D eigenvalue weighted by Crippen LogP contribution is -2.50. The van der Waals surface area contributed by atoms with Gasteiger partial charge in [0.15, 0.2) is 0 Å². The quantitative estimate of drug-likeness (QED) is 0.519. The molecule has 0 spiro atoms. The molecule has 190 valence electrons. The van der Waals surface area contributed by atoms with Crippen molar-refractivity contribution in [1.29, 1.82) is 0 Å². The Morgan fingerprint density at radius 1 is 1.03 bits per heavy atom. The number of hydrogen-bond donors (Lipinski definition) is 1. The summed E-state index contributed by atoms with van der Waals surface area (Å²) >= 11 is 0. The van der Waals surface area contributed by atoms with Gasteiger partial charge < -0.3 is 5.32 Å². The van der Waals surface area contributed by atoms with Gasteiger partial charge in [-0.15, -0.1) is 0 Å². The van der Waals surface area contributed by atoms with Crippen LogP contribution >= 0.6 is 0 Å². The summed E-state index contributed by atoms with van der Waals surface area (Å²) < 4.78 is 94.1. The predicted molar refractivity (Wildman–Crippen MR) is 112 cm³/mol. The van der Waals surface area contributed by atoms with E-state index in [4.69, 9.17) is 0 Å². The largest absolute Gasteiger partial charge is 0.435 e. The summed E-state index contributed by atoms with van der Waals surface area (Å²) in [6.45, 7) is 1.88. The molecule has 1 saturated carbocycles. The fourth-order valence-corrected chi connectivity index (χ4v) is 5.75. The van der Waals surface area contributed by atoms with Crippen molar-refractivity contribution >= 4 is 5.91 Å². The summed E-state index contributed by atoms with van der Waals surface area (Å²) in [5, 5.41) is 2.95. The molecule has 1 heterocycles. The van der Waals surface area contributed by atoms with E-state index in [9.17, 15) is 35.5 Å². The normalized spacial score (nSPS) is 23.7. The molecule has 2 aliphatic rings. The maximum atomic E-state index is 14.6. The number of aromatic nitrogens is 2. The van der Waals surface area contributed by atoms with Gasteiger partial charge in [0.2, 0.25) is 0 Å². The number of aryl methyl sites for hydroxylation is 1. The van der Waals surface area contributed by atoms with Crippen molar-refractivity contribution in [2.24, 2.45) is 11.8 Å². The van der Waals surface area contributed by atoms with Crippen LogP contribution in [-0.4, -0.2) is 34.3 Å². The van der Waals surface area contributed by atoms with Crippen LogP contribution in [0.1, 0.15) is 65.7 Å². The third-order valence-electron chi connectivity index (χ3n) is 7.40. The van der Waals surface area contributed by atoms with Gasteiger partial charge in [-0.25, -0.2) is 14.4 Å². The van der Waals surface area contributed by atoms with E-state index in [1.807, 2.05) is 6.92 Å². The maximum absolute atomic E-state index is 14.6. The van der Waals surface area contributed by atoms with Gasteiger partial charge >= 0.3 is 18.0 Å². The Labute approximate surface area is 197 Å². The molecule has 4 atom stereocenters. The second-order valence-electron chi connectivity index (χ2n) is 9.33. The second-order valence-corrected chi connectivity index (χ2v) is 9.33. The molecular weight excluding hydrogens is 479 g/mol. The van der Waals surface area contributed by atoms with Gasteiger partial charge in [0.1, 0.15) is 12.0 Å².